The fourth-order valence-electron chi connectivity index (χ4n) is 3.27. The van der Waals surface area contributed by atoms with Crippen LogP contribution < -0.4 is 9.47 Å². The fourth-order valence-corrected chi connectivity index (χ4v) is 3.27. The third-order valence-corrected chi connectivity index (χ3v) is 4.97. The summed E-state index contributed by atoms with van der Waals surface area (Å²) >= 11 is 0. The summed E-state index contributed by atoms with van der Waals surface area (Å²) < 4.78 is 13.8. The maximum absolute atomic E-state index is 11.1. The first-order chi connectivity index (χ1) is 15.0. The summed E-state index contributed by atoms with van der Waals surface area (Å²) in [5.74, 6) is 1.33. The molecule has 0 saturated carbocycles. The van der Waals surface area contributed by atoms with Gasteiger partial charge in [-0.2, -0.15) is 9.78 Å². The fraction of sp³-hybridized carbons (Fsp3) is 0.182. The highest BCUT2D eigenvalue weighted by Crippen LogP contribution is 2.29. The van der Waals surface area contributed by atoms with E-state index in [0.29, 0.717) is 5.69 Å². The van der Waals surface area contributed by atoms with Gasteiger partial charge in [0.05, 0.1) is 42.5 Å². The average molecular weight is 419 g/mol. The van der Waals surface area contributed by atoms with Crippen LogP contribution in [0.15, 0.2) is 60.7 Å². The van der Waals surface area contributed by atoms with Gasteiger partial charge in [0.1, 0.15) is 11.5 Å². The Morgan fingerprint density at radius 3 is 1.97 bits per heavy atom. The van der Waals surface area contributed by atoms with Gasteiger partial charge in [-0.25, -0.2) is 4.68 Å². The molecule has 2 heterocycles. The number of methoxy groups -OCH3 is 2. The van der Waals surface area contributed by atoms with E-state index >= 15 is 0 Å². The molecule has 0 aliphatic heterocycles. The minimum atomic E-state index is -0.500. The molecule has 2 aromatic carbocycles. The Balaban J connectivity index is 1.77. The largest absolute Gasteiger partial charge is 0.497 e. The monoisotopic (exact) mass is 419 g/mol. The maximum atomic E-state index is 11.1. The van der Waals surface area contributed by atoms with Crippen molar-refractivity contribution in [3.63, 3.8) is 0 Å². The molecule has 0 unspecified atom stereocenters. The number of hydrogen-bond donors (Lipinski definition) is 0. The van der Waals surface area contributed by atoms with Gasteiger partial charge in [0.25, 0.3) is 0 Å². The molecule has 158 valence electrons. The Hall–Kier alpha value is -4.14. The van der Waals surface area contributed by atoms with Crippen molar-refractivity contribution in [3.05, 3.63) is 76.5 Å². The SMILES string of the molecule is COc1ccc(-c2cc(-c3ccc(OC)cc3)n(Cn3nc([N+](=O)[O-])cc3C)n2)cc1. The molecular formula is C22H21N5O4. The van der Waals surface area contributed by atoms with Gasteiger partial charge in [-0.15, -0.1) is 0 Å². The molecule has 9 heteroatoms. The predicted octanol–water partition coefficient (Wildman–Crippen LogP) is 4.15. The lowest BCUT2D eigenvalue weighted by Crippen LogP contribution is -2.13. The van der Waals surface area contributed by atoms with Crippen LogP contribution in [0.4, 0.5) is 5.82 Å². The second-order valence-corrected chi connectivity index (χ2v) is 6.91. The van der Waals surface area contributed by atoms with E-state index in [4.69, 9.17) is 14.6 Å². The molecule has 0 aliphatic carbocycles. The van der Waals surface area contributed by atoms with Crippen molar-refractivity contribution in [3.8, 4) is 34.0 Å². The van der Waals surface area contributed by atoms with Crippen molar-refractivity contribution >= 4 is 5.82 Å². The van der Waals surface area contributed by atoms with Crippen LogP contribution in [0.25, 0.3) is 22.5 Å². The number of benzene rings is 2. The summed E-state index contributed by atoms with van der Waals surface area (Å²) in [5.41, 5.74) is 4.16. The van der Waals surface area contributed by atoms with Crippen LogP contribution in [0.1, 0.15) is 5.69 Å². The predicted molar refractivity (Wildman–Crippen MR) is 115 cm³/mol. The van der Waals surface area contributed by atoms with Crippen LogP contribution in [0, 0.1) is 17.0 Å². The lowest BCUT2D eigenvalue weighted by atomic mass is 10.1. The van der Waals surface area contributed by atoms with E-state index in [2.05, 4.69) is 5.10 Å². The van der Waals surface area contributed by atoms with E-state index in [1.54, 1.807) is 30.5 Å². The summed E-state index contributed by atoms with van der Waals surface area (Å²) in [7, 11) is 3.24. The van der Waals surface area contributed by atoms with Crippen LogP contribution in [0.2, 0.25) is 0 Å². The molecule has 0 N–H and O–H groups in total. The molecule has 4 rings (SSSR count). The van der Waals surface area contributed by atoms with Gasteiger partial charge in [0.15, 0.2) is 6.67 Å². The van der Waals surface area contributed by atoms with Crippen molar-refractivity contribution in [2.24, 2.45) is 0 Å². The van der Waals surface area contributed by atoms with E-state index in [9.17, 15) is 10.1 Å². The van der Waals surface area contributed by atoms with Gasteiger partial charge in [0.2, 0.25) is 0 Å². The van der Waals surface area contributed by atoms with Gasteiger partial charge in [0, 0.05) is 11.1 Å². The highest BCUT2D eigenvalue weighted by molar-refractivity contribution is 5.69. The second-order valence-electron chi connectivity index (χ2n) is 6.91. The number of nitro groups is 1. The third kappa shape index (κ3) is 4.11. The van der Waals surface area contributed by atoms with Gasteiger partial charge < -0.3 is 19.6 Å². The van der Waals surface area contributed by atoms with Crippen molar-refractivity contribution in [1.82, 2.24) is 19.6 Å². The Morgan fingerprint density at radius 1 is 0.871 bits per heavy atom. The van der Waals surface area contributed by atoms with E-state index in [-0.39, 0.29) is 12.5 Å². The van der Waals surface area contributed by atoms with Crippen molar-refractivity contribution < 1.29 is 14.4 Å². The number of aromatic nitrogens is 4. The van der Waals surface area contributed by atoms with Crippen molar-refractivity contribution in [2.45, 2.75) is 13.6 Å². The van der Waals surface area contributed by atoms with E-state index in [1.165, 1.54) is 6.07 Å². The number of ether oxygens (including phenoxy) is 2. The minimum Gasteiger partial charge on any atom is -0.497 e. The topological polar surface area (TPSA) is 97.2 Å². The van der Waals surface area contributed by atoms with E-state index < -0.39 is 4.92 Å². The van der Waals surface area contributed by atoms with Crippen molar-refractivity contribution in [1.29, 1.82) is 0 Å². The molecule has 0 bridgehead atoms. The molecule has 9 nitrogen and oxygen atoms in total. The number of nitrogens with zero attached hydrogens (tertiary/aromatic N) is 5. The average Bonchev–Trinajstić information content (AvgIpc) is 3.38. The van der Waals surface area contributed by atoms with Gasteiger partial charge in [-0.05, 0) is 66.4 Å². The Labute approximate surface area is 178 Å². The zero-order valence-electron chi connectivity index (χ0n) is 17.3. The standard InChI is InChI=1S/C22H21N5O4/c1-15-12-22(27(28)29)24-25(15)14-26-21(17-6-10-19(31-3)11-7-17)13-20(23-26)16-4-8-18(30-2)9-5-16/h4-13H,14H2,1-3H3. The zero-order chi connectivity index (χ0) is 22.0. The quantitative estimate of drug-likeness (QED) is 0.330. The van der Waals surface area contributed by atoms with Crippen LogP contribution in [-0.2, 0) is 6.67 Å². The number of aryl methyl sites for hydroxylation is 1. The lowest BCUT2D eigenvalue weighted by molar-refractivity contribution is -0.389. The smallest absolute Gasteiger partial charge is 0.390 e. The first-order valence-corrected chi connectivity index (χ1v) is 9.54. The summed E-state index contributed by atoms with van der Waals surface area (Å²) in [5, 5.41) is 19.9. The Bertz CT molecular complexity index is 1210. The third-order valence-electron chi connectivity index (χ3n) is 4.97. The van der Waals surface area contributed by atoms with E-state index in [1.807, 2.05) is 54.6 Å². The number of rotatable bonds is 7. The molecule has 0 amide bonds. The Kier molecular flexibility index (Phi) is 5.40. The molecule has 31 heavy (non-hydrogen) atoms. The summed E-state index contributed by atoms with van der Waals surface area (Å²) in [4.78, 5) is 10.6. The summed E-state index contributed by atoms with van der Waals surface area (Å²) in [6.45, 7) is 2.01. The van der Waals surface area contributed by atoms with Crippen LogP contribution in [0.5, 0.6) is 11.5 Å². The zero-order valence-corrected chi connectivity index (χ0v) is 17.3. The second kappa shape index (κ2) is 8.31. The summed E-state index contributed by atoms with van der Waals surface area (Å²) in [6.07, 6.45) is 0. The molecule has 0 aliphatic rings. The molecule has 0 saturated heterocycles. The normalized spacial score (nSPS) is 10.8. The molecule has 0 spiro atoms. The van der Waals surface area contributed by atoms with Crippen LogP contribution >= 0.6 is 0 Å². The highest BCUT2D eigenvalue weighted by Gasteiger charge is 2.18. The first kappa shape index (κ1) is 20.1. The molecule has 0 atom stereocenters. The number of hydrogen-bond acceptors (Lipinski definition) is 6. The minimum absolute atomic E-state index is 0.189. The first-order valence-electron chi connectivity index (χ1n) is 9.54. The maximum Gasteiger partial charge on any atom is 0.390 e. The summed E-state index contributed by atoms with van der Waals surface area (Å²) in [6, 6.07) is 18.7. The molecular weight excluding hydrogens is 398 g/mol. The molecule has 2 aromatic heterocycles. The highest BCUT2D eigenvalue weighted by atomic mass is 16.6. The Morgan fingerprint density at radius 2 is 1.45 bits per heavy atom. The van der Waals surface area contributed by atoms with Gasteiger partial charge in [-0.1, -0.05) is 0 Å². The van der Waals surface area contributed by atoms with E-state index in [0.717, 1.165) is 34.0 Å². The molecule has 4 aromatic rings. The van der Waals surface area contributed by atoms with Gasteiger partial charge >= 0.3 is 5.82 Å². The van der Waals surface area contributed by atoms with Crippen molar-refractivity contribution in [2.75, 3.05) is 14.2 Å². The lowest BCUT2D eigenvalue weighted by Gasteiger charge is -2.08. The molecule has 0 radical (unpaired) electrons. The van der Waals surface area contributed by atoms with Gasteiger partial charge in [-0.3, -0.25) is 0 Å². The van der Waals surface area contributed by atoms with Crippen LogP contribution in [0.3, 0.4) is 0 Å². The molecule has 0 fully saturated rings. The van der Waals surface area contributed by atoms with Crippen LogP contribution in [-0.4, -0.2) is 38.7 Å².